The van der Waals surface area contributed by atoms with Crippen LogP contribution in [0.1, 0.15) is 38.1 Å². The van der Waals surface area contributed by atoms with Crippen molar-refractivity contribution in [2.75, 3.05) is 6.54 Å². The lowest BCUT2D eigenvalue weighted by Gasteiger charge is -2.17. The second-order valence-electron chi connectivity index (χ2n) is 4.44. The van der Waals surface area contributed by atoms with Crippen LogP contribution < -0.4 is 5.32 Å². The third kappa shape index (κ3) is 4.03. The van der Waals surface area contributed by atoms with E-state index in [4.69, 9.17) is 5.26 Å². The molecule has 2 nitrogen and oxygen atoms in total. The Morgan fingerprint density at radius 1 is 1.60 bits per heavy atom. The first kappa shape index (κ1) is 12.2. The van der Waals surface area contributed by atoms with Gasteiger partial charge in [0.25, 0.3) is 0 Å². The van der Waals surface area contributed by atoms with Gasteiger partial charge in [-0.3, -0.25) is 0 Å². The van der Waals surface area contributed by atoms with Crippen LogP contribution in [-0.2, 0) is 0 Å². The van der Waals surface area contributed by atoms with E-state index in [9.17, 15) is 0 Å². The zero-order chi connectivity index (χ0) is 11.3. The predicted molar refractivity (Wildman–Crippen MR) is 64.7 cm³/mol. The van der Waals surface area contributed by atoms with Crippen molar-refractivity contribution < 1.29 is 0 Å². The fourth-order valence-corrected chi connectivity index (χ4v) is 2.05. The van der Waals surface area contributed by atoms with Crippen molar-refractivity contribution >= 4 is 11.3 Å². The Morgan fingerprint density at radius 2 is 2.33 bits per heavy atom. The molecule has 1 aromatic heterocycles. The number of thiophene rings is 1. The molecule has 1 heterocycles. The Labute approximate surface area is 95.9 Å². The first-order valence-corrected chi connectivity index (χ1v) is 6.11. The molecule has 0 saturated heterocycles. The van der Waals surface area contributed by atoms with Gasteiger partial charge in [0.1, 0.15) is 0 Å². The van der Waals surface area contributed by atoms with Crippen molar-refractivity contribution in [3.63, 3.8) is 0 Å². The average Bonchev–Trinajstić information content (AvgIpc) is 2.70. The summed E-state index contributed by atoms with van der Waals surface area (Å²) in [5.41, 5.74) is -0.220. The molecule has 0 fully saturated rings. The van der Waals surface area contributed by atoms with Gasteiger partial charge in [-0.1, -0.05) is 6.07 Å². The summed E-state index contributed by atoms with van der Waals surface area (Å²) in [6.07, 6.45) is 0.888. The molecule has 0 radical (unpaired) electrons. The van der Waals surface area contributed by atoms with Gasteiger partial charge < -0.3 is 5.32 Å². The second kappa shape index (κ2) is 5.29. The summed E-state index contributed by atoms with van der Waals surface area (Å²) >= 11 is 1.77. The highest BCUT2D eigenvalue weighted by atomic mass is 32.1. The lowest BCUT2D eigenvalue weighted by molar-refractivity contribution is 0.418. The molecule has 3 heteroatoms. The molecule has 0 aliphatic rings. The fourth-order valence-electron chi connectivity index (χ4n) is 1.30. The van der Waals surface area contributed by atoms with Crippen LogP contribution in [0.3, 0.4) is 0 Å². The molecule has 0 aromatic carbocycles. The Balaban J connectivity index is 2.30. The van der Waals surface area contributed by atoms with Crippen LogP contribution in [0.2, 0.25) is 0 Å². The molecule has 1 N–H and O–H groups in total. The highest BCUT2D eigenvalue weighted by Gasteiger charge is 2.16. The summed E-state index contributed by atoms with van der Waals surface area (Å²) in [5, 5.41) is 14.4. The summed E-state index contributed by atoms with van der Waals surface area (Å²) in [5.74, 6) is 0. The topological polar surface area (TPSA) is 35.8 Å². The Morgan fingerprint density at radius 3 is 2.87 bits per heavy atom. The third-order valence-corrected chi connectivity index (χ3v) is 3.53. The average molecular weight is 222 g/mol. The summed E-state index contributed by atoms with van der Waals surface area (Å²) in [7, 11) is 0. The van der Waals surface area contributed by atoms with E-state index in [2.05, 4.69) is 35.8 Å². The maximum atomic E-state index is 8.87. The molecule has 82 valence electrons. The number of nitrogens with one attached hydrogen (secondary N) is 1. The summed E-state index contributed by atoms with van der Waals surface area (Å²) in [6, 6.07) is 6.90. The minimum absolute atomic E-state index is 0.220. The van der Waals surface area contributed by atoms with Crippen LogP contribution in [-0.4, -0.2) is 6.54 Å². The number of nitrogens with zero attached hydrogens (tertiary/aromatic N) is 1. The SMILES string of the molecule is CC(NCCC(C)(C)C#N)c1cccs1. The third-order valence-electron chi connectivity index (χ3n) is 2.47. The molecular weight excluding hydrogens is 204 g/mol. The Bertz CT molecular complexity index is 322. The van der Waals surface area contributed by atoms with Crippen LogP contribution in [0.5, 0.6) is 0 Å². The van der Waals surface area contributed by atoms with Gasteiger partial charge in [-0.2, -0.15) is 5.26 Å². The summed E-state index contributed by atoms with van der Waals surface area (Å²) in [4.78, 5) is 1.35. The zero-order valence-corrected chi connectivity index (χ0v) is 10.4. The van der Waals surface area contributed by atoms with E-state index in [1.54, 1.807) is 11.3 Å². The normalized spacial score (nSPS) is 13.5. The Kier molecular flexibility index (Phi) is 4.31. The van der Waals surface area contributed by atoms with Crippen molar-refractivity contribution in [2.45, 2.75) is 33.2 Å². The number of nitriles is 1. The molecule has 15 heavy (non-hydrogen) atoms. The van der Waals surface area contributed by atoms with Gasteiger partial charge in [0.15, 0.2) is 0 Å². The quantitative estimate of drug-likeness (QED) is 0.829. The van der Waals surface area contributed by atoms with Crippen molar-refractivity contribution in [3.05, 3.63) is 22.4 Å². The minimum atomic E-state index is -0.220. The molecular formula is C12H18N2S. The van der Waals surface area contributed by atoms with E-state index in [1.165, 1.54) is 4.88 Å². The predicted octanol–water partition coefficient (Wildman–Crippen LogP) is 3.34. The lowest BCUT2D eigenvalue weighted by Crippen LogP contribution is -2.23. The van der Waals surface area contributed by atoms with Gasteiger partial charge in [0, 0.05) is 10.9 Å². The van der Waals surface area contributed by atoms with E-state index in [0.29, 0.717) is 6.04 Å². The first-order valence-electron chi connectivity index (χ1n) is 5.23. The van der Waals surface area contributed by atoms with Gasteiger partial charge in [0.2, 0.25) is 0 Å². The highest BCUT2D eigenvalue weighted by Crippen LogP contribution is 2.20. The highest BCUT2D eigenvalue weighted by molar-refractivity contribution is 7.10. The molecule has 0 amide bonds. The molecule has 0 aliphatic carbocycles. The smallest absolute Gasteiger partial charge is 0.0684 e. The van der Waals surface area contributed by atoms with E-state index in [1.807, 2.05) is 13.8 Å². The fraction of sp³-hybridized carbons (Fsp3) is 0.583. The van der Waals surface area contributed by atoms with E-state index >= 15 is 0 Å². The number of rotatable bonds is 5. The second-order valence-corrected chi connectivity index (χ2v) is 5.42. The van der Waals surface area contributed by atoms with E-state index < -0.39 is 0 Å². The molecule has 1 atom stereocenters. The molecule has 0 bridgehead atoms. The van der Waals surface area contributed by atoms with Crippen LogP contribution >= 0.6 is 11.3 Å². The van der Waals surface area contributed by atoms with Gasteiger partial charge in [-0.25, -0.2) is 0 Å². The molecule has 1 rings (SSSR count). The largest absolute Gasteiger partial charge is 0.309 e. The lowest BCUT2D eigenvalue weighted by atomic mass is 9.91. The maximum absolute atomic E-state index is 8.87. The maximum Gasteiger partial charge on any atom is 0.0684 e. The molecule has 1 unspecified atom stereocenters. The van der Waals surface area contributed by atoms with Gasteiger partial charge in [-0.05, 0) is 45.2 Å². The van der Waals surface area contributed by atoms with Gasteiger partial charge in [-0.15, -0.1) is 11.3 Å². The van der Waals surface area contributed by atoms with Crippen molar-refractivity contribution in [1.82, 2.24) is 5.32 Å². The van der Waals surface area contributed by atoms with Crippen LogP contribution in [0, 0.1) is 16.7 Å². The number of hydrogen-bond acceptors (Lipinski definition) is 3. The van der Waals surface area contributed by atoms with Crippen LogP contribution in [0.15, 0.2) is 17.5 Å². The molecule has 0 aliphatic heterocycles. The van der Waals surface area contributed by atoms with Crippen LogP contribution in [0.4, 0.5) is 0 Å². The molecule has 0 spiro atoms. The van der Waals surface area contributed by atoms with Gasteiger partial charge >= 0.3 is 0 Å². The van der Waals surface area contributed by atoms with E-state index in [0.717, 1.165) is 13.0 Å². The Hall–Kier alpha value is -0.850. The standard InChI is InChI=1S/C12H18N2S/c1-10(11-5-4-8-15-11)14-7-6-12(2,3)9-13/h4-5,8,10,14H,6-7H2,1-3H3. The minimum Gasteiger partial charge on any atom is -0.309 e. The summed E-state index contributed by atoms with van der Waals surface area (Å²) in [6.45, 7) is 7.00. The zero-order valence-electron chi connectivity index (χ0n) is 9.58. The molecule has 1 aromatic rings. The van der Waals surface area contributed by atoms with Crippen molar-refractivity contribution in [3.8, 4) is 6.07 Å². The molecule has 0 saturated carbocycles. The monoisotopic (exact) mass is 222 g/mol. The van der Waals surface area contributed by atoms with Crippen molar-refractivity contribution in [1.29, 1.82) is 5.26 Å². The van der Waals surface area contributed by atoms with Crippen molar-refractivity contribution in [2.24, 2.45) is 5.41 Å². The first-order chi connectivity index (χ1) is 7.05. The van der Waals surface area contributed by atoms with Crippen LogP contribution in [0.25, 0.3) is 0 Å². The summed E-state index contributed by atoms with van der Waals surface area (Å²) < 4.78 is 0. The van der Waals surface area contributed by atoms with Gasteiger partial charge in [0.05, 0.1) is 11.5 Å². The number of hydrogen-bond donors (Lipinski definition) is 1. The van der Waals surface area contributed by atoms with E-state index in [-0.39, 0.29) is 5.41 Å².